The molecule has 0 rings (SSSR count). The molecule has 0 heterocycles. The zero-order valence-corrected chi connectivity index (χ0v) is 4.29. The van der Waals surface area contributed by atoms with Crippen molar-refractivity contribution in [2.24, 2.45) is 0 Å². The molecule has 1 heteroatoms. The first-order valence-corrected chi connectivity index (χ1v) is 2.62. The lowest BCUT2D eigenvalue weighted by Crippen LogP contribution is -1.58. The Bertz CT molecular complexity index is 68.5. The molecule has 0 saturated heterocycles. The Kier molecular flexibility index (Phi) is 4.38. The average molecular weight is 98.2 g/mol. The van der Waals surface area contributed by atoms with Crippen molar-refractivity contribution in [3.63, 3.8) is 0 Å². The molecule has 0 nitrogen and oxygen atoms in total. The summed E-state index contributed by atoms with van der Waals surface area (Å²) in [6.45, 7) is 3.47. The molecule has 0 aromatic rings. The normalized spacial score (nSPS) is 6.50. The van der Waals surface area contributed by atoms with E-state index in [0.29, 0.717) is 0 Å². The summed E-state index contributed by atoms with van der Waals surface area (Å²) in [5.74, 6) is 3.20. The first-order chi connectivity index (χ1) is 2.91. The highest BCUT2D eigenvalue weighted by molar-refractivity contribution is 8.02. The van der Waals surface area contributed by atoms with Crippen LogP contribution in [0.1, 0.15) is 0 Å². The summed E-state index contributed by atoms with van der Waals surface area (Å²) in [7, 11) is 0. The third-order valence-electron chi connectivity index (χ3n) is 0.285. The highest BCUT2D eigenvalue weighted by atomic mass is 32.2. The van der Waals surface area contributed by atoms with E-state index < -0.39 is 0 Å². The Morgan fingerprint density at radius 2 is 2.67 bits per heavy atom. The summed E-state index contributed by atoms with van der Waals surface area (Å²) in [4.78, 5) is 0. The van der Waals surface area contributed by atoms with Gasteiger partial charge in [0.1, 0.15) is 0 Å². The zero-order valence-electron chi connectivity index (χ0n) is 3.48. The smallest absolute Gasteiger partial charge is 0.0585 e. The van der Waals surface area contributed by atoms with Crippen LogP contribution in [0.4, 0.5) is 0 Å². The monoisotopic (exact) mass is 98.0 g/mol. The van der Waals surface area contributed by atoms with Crippen LogP contribution < -0.4 is 0 Å². The minimum absolute atomic E-state index is 0.740. The second-order valence-electron chi connectivity index (χ2n) is 0.682. The summed E-state index contributed by atoms with van der Waals surface area (Å²) in [6.07, 6.45) is 4.90. The fourth-order valence-electron chi connectivity index (χ4n) is 0.107. The molecular weight excluding hydrogens is 92.1 g/mol. The third-order valence-corrected chi connectivity index (χ3v) is 0.854. The van der Waals surface area contributed by atoms with Crippen molar-refractivity contribution in [1.29, 1.82) is 0 Å². The van der Waals surface area contributed by atoms with E-state index in [4.69, 9.17) is 6.42 Å². The molecule has 0 aromatic heterocycles. The van der Waals surface area contributed by atoms with Gasteiger partial charge in [-0.2, -0.15) is 0 Å². The quantitative estimate of drug-likeness (QED) is 0.372. The van der Waals surface area contributed by atoms with Crippen LogP contribution >= 0.6 is 11.8 Å². The zero-order chi connectivity index (χ0) is 4.83. The number of rotatable bonds is 2. The molecule has 0 aliphatic carbocycles. The maximum Gasteiger partial charge on any atom is 0.0585 e. The van der Waals surface area contributed by atoms with E-state index >= 15 is 0 Å². The highest BCUT2D eigenvalue weighted by Gasteiger charge is 1.65. The molecule has 0 amide bonds. The molecular formula is C5H6S. The van der Waals surface area contributed by atoms with Gasteiger partial charge < -0.3 is 0 Å². The largest absolute Gasteiger partial charge is 0.122 e. The molecule has 0 atom stereocenters. The van der Waals surface area contributed by atoms with Gasteiger partial charge in [-0.25, -0.2) is 0 Å². The standard InChI is InChI=1S/C5H6S/c1-3-5-6-4-2/h1,4H,2,5H2. The topological polar surface area (TPSA) is 0 Å². The molecule has 0 aliphatic rings. The lowest BCUT2D eigenvalue weighted by Gasteiger charge is -1.74. The van der Waals surface area contributed by atoms with Gasteiger partial charge in [0.25, 0.3) is 0 Å². The molecule has 0 fully saturated rings. The fraction of sp³-hybridized carbons (Fsp3) is 0.200. The predicted octanol–water partition coefficient (Wildman–Crippen LogP) is 1.50. The summed E-state index contributed by atoms with van der Waals surface area (Å²) in [5, 5.41) is 1.74. The van der Waals surface area contributed by atoms with Gasteiger partial charge in [-0.1, -0.05) is 12.5 Å². The number of hydrogen-bond donors (Lipinski definition) is 0. The lowest BCUT2D eigenvalue weighted by atomic mass is 10.8. The SMILES string of the molecule is C#CCSC=C. The second kappa shape index (κ2) is 4.65. The molecule has 0 N–H and O–H groups in total. The van der Waals surface area contributed by atoms with Gasteiger partial charge in [0, 0.05) is 0 Å². The van der Waals surface area contributed by atoms with Crippen molar-refractivity contribution in [2.45, 2.75) is 0 Å². The van der Waals surface area contributed by atoms with Crippen molar-refractivity contribution in [1.82, 2.24) is 0 Å². The minimum atomic E-state index is 0.740. The van der Waals surface area contributed by atoms with E-state index in [-0.39, 0.29) is 0 Å². The molecule has 32 valence electrons. The Balaban J connectivity index is 2.72. The third kappa shape index (κ3) is 3.65. The molecule has 0 saturated carbocycles. The molecule has 0 radical (unpaired) electrons. The highest BCUT2D eigenvalue weighted by Crippen LogP contribution is 1.95. The Morgan fingerprint density at radius 1 is 2.00 bits per heavy atom. The van der Waals surface area contributed by atoms with Gasteiger partial charge in [0.2, 0.25) is 0 Å². The van der Waals surface area contributed by atoms with Gasteiger partial charge >= 0.3 is 0 Å². The Labute approximate surface area is 42.6 Å². The maximum absolute atomic E-state index is 4.90. The lowest BCUT2D eigenvalue weighted by molar-refractivity contribution is 1.97. The number of thioether (sulfide) groups is 1. The second-order valence-corrected chi connectivity index (χ2v) is 1.64. The van der Waals surface area contributed by atoms with E-state index in [9.17, 15) is 0 Å². The Hall–Kier alpha value is -0.350. The van der Waals surface area contributed by atoms with Gasteiger partial charge in [0.15, 0.2) is 0 Å². The van der Waals surface area contributed by atoms with Crippen LogP contribution in [0.25, 0.3) is 0 Å². The fourth-order valence-corrected chi connectivity index (χ4v) is 0.321. The van der Waals surface area contributed by atoms with Crippen LogP contribution in [0.2, 0.25) is 0 Å². The van der Waals surface area contributed by atoms with Crippen LogP contribution in [-0.2, 0) is 0 Å². The van der Waals surface area contributed by atoms with Crippen molar-refractivity contribution in [2.75, 3.05) is 5.75 Å². The molecule has 6 heavy (non-hydrogen) atoms. The van der Waals surface area contributed by atoms with Gasteiger partial charge in [-0.05, 0) is 5.41 Å². The van der Waals surface area contributed by atoms with Crippen LogP contribution in [-0.4, -0.2) is 5.75 Å². The molecule has 0 spiro atoms. The first-order valence-electron chi connectivity index (χ1n) is 1.57. The first kappa shape index (κ1) is 5.65. The maximum atomic E-state index is 4.90. The van der Waals surface area contributed by atoms with Gasteiger partial charge in [0.05, 0.1) is 5.75 Å². The number of terminal acetylenes is 1. The van der Waals surface area contributed by atoms with E-state index in [2.05, 4.69) is 12.5 Å². The summed E-state index contributed by atoms with van der Waals surface area (Å²) < 4.78 is 0. The van der Waals surface area contributed by atoms with E-state index in [0.717, 1.165) is 5.75 Å². The van der Waals surface area contributed by atoms with Crippen molar-refractivity contribution < 1.29 is 0 Å². The summed E-state index contributed by atoms with van der Waals surface area (Å²) in [6, 6.07) is 0. The van der Waals surface area contributed by atoms with Gasteiger partial charge in [-0.3, -0.25) is 0 Å². The number of hydrogen-bond acceptors (Lipinski definition) is 1. The average Bonchev–Trinajstić information content (AvgIpc) is 1.61. The molecule has 0 aliphatic heterocycles. The molecule has 0 bridgehead atoms. The summed E-state index contributed by atoms with van der Waals surface area (Å²) >= 11 is 1.54. The van der Waals surface area contributed by atoms with E-state index in [1.165, 1.54) is 11.8 Å². The van der Waals surface area contributed by atoms with Crippen LogP contribution in [0.5, 0.6) is 0 Å². The van der Waals surface area contributed by atoms with E-state index in [1.807, 2.05) is 0 Å². The molecule has 0 unspecified atom stereocenters. The van der Waals surface area contributed by atoms with Crippen molar-refractivity contribution in [3.8, 4) is 12.3 Å². The van der Waals surface area contributed by atoms with E-state index in [1.54, 1.807) is 5.41 Å². The minimum Gasteiger partial charge on any atom is -0.122 e. The summed E-state index contributed by atoms with van der Waals surface area (Å²) in [5.41, 5.74) is 0. The van der Waals surface area contributed by atoms with Gasteiger partial charge in [-0.15, -0.1) is 18.2 Å². The van der Waals surface area contributed by atoms with Crippen molar-refractivity contribution in [3.05, 3.63) is 12.0 Å². The van der Waals surface area contributed by atoms with Crippen molar-refractivity contribution >= 4 is 11.8 Å². The molecule has 0 aromatic carbocycles. The van der Waals surface area contributed by atoms with Crippen LogP contribution in [0.15, 0.2) is 12.0 Å². The van der Waals surface area contributed by atoms with Crippen LogP contribution in [0, 0.1) is 12.3 Å². The van der Waals surface area contributed by atoms with Crippen LogP contribution in [0.3, 0.4) is 0 Å². The Morgan fingerprint density at radius 3 is 2.83 bits per heavy atom. The predicted molar refractivity (Wildman–Crippen MR) is 31.5 cm³/mol.